The smallest absolute Gasteiger partial charge is 0.0894 e. The Morgan fingerprint density at radius 3 is 2.20 bits per heavy atom. The van der Waals surface area contributed by atoms with Crippen LogP contribution in [-0.2, 0) is 0 Å². The molecule has 0 saturated carbocycles. The van der Waals surface area contributed by atoms with Crippen LogP contribution >= 0.6 is 0 Å². The van der Waals surface area contributed by atoms with E-state index in [-0.39, 0.29) is 12.2 Å². The van der Waals surface area contributed by atoms with Crippen molar-refractivity contribution in [3.63, 3.8) is 0 Å². The van der Waals surface area contributed by atoms with Crippen molar-refractivity contribution in [2.45, 2.75) is 45.1 Å². The van der Waals surface area contributed by atoms with Gasteiger partial charge < -0.3 is 5.73 Å². The van der Waals surface area contributed by atoms with Crippen LogP contribution in [0.1, 0.15) is 39.5 Å². The molecule has 0 aromatic carbocycles. The van der Waals surface area contributed by atoms with Crippen molar-refractivity contribution in [2.24, 2.45) is 5.73 Å². The third-order valence-corrected chi connectivity index (χ3v) is 1.45. The molecule has 0 amide bonds. The summed E-state index contributed by atoms with van der Waals surface area (Å²) < 4.78 is 11.6. The molecule has 0 aliphatic carbocycles. The first-order valence-electron chi connectivity index (χ1n) is 3.91. The molecule has 1 nitrogen and oxygen atoms in total. The molecule has 0 aromatic rings. The lowest BCUT2D eigenvalue weighted by Crippen LogP contribution is -2.31. The highest BCUT2D eigenvalue weighted by Crippen LogP contribution is 2.10. The second-order valence-corrected chi connectivity index (χ2v) is 3.49. The highest BCUT2D eigenvalue weighted by atomic mass is 19.1. The van der Waals surface area contributed by atoms with Crippen molar-refractivity contribution in [3.05, 3.63) is 0 Å². The summed E-state index contributed by atoms with van der Waals surface area (Å²) in [6.45, 7) is 3.82. The molecule has 0 atom stereocenters. The lowest BCUT2D eigenvalue weighted by atomic mass is 9.98. The number of hydrogen-bond acceptors (Lipinski definition) is 1. The summed E-state index contributed by atoms with van der Waals surface area (Å²) in [4.78, 5) is 0. The molecule has 0 fully saturated rings. The first-order valence-corrected chi connectivity index (χ1v) is 3.91. The van der Waals surface area contributed by atoms with Gasteiger partial charge in [-0.05, 0) is 26.7 Å². The Morgan fingerprint density at radius 2 is 1.80 bits per heavy atom. The minimum Gasteiger partial charge on any atom is -0.326 e. The Hall–Kier alpha value is -0.110. The average Bonchev–Trinajstić information content (AvgIpc) is 1.78. The Balaban J connectivity index is 3.04. The van der Waals surface area contributed by atoms with Gasteiger partial charge in [0, 0.05) is 5.54 Å². The highest BCUT2D eigenvalue weighted by molar-refractivity contribution is 4.70. The zero-order chi connectivity index (χ0) is 8.04. The summed E-state index contributed by atoms with van der Waals surface area (Å²) in [7, 11) is 0. The van der Waals surface area contributed by atoms with Crippen LogP contribution < -0.4 is 5.73 Å². The summed E-state index contributed by atoms with van der Waals surface area (Å²) in [5.74, 6) is 0. The van der Waals surface area contributed by atoms with Crippen LogP contribution in [0.25, 0.3) is 0 Å². The van der Waals surface area contributed by atoms with Gasteiger partial charge in [-0.1, -0.05) is 12.8 Å². The van der Waals surface area contributed by atoms with Crippen LogP contribution in [0, 0.1) is 0 Å². The number of alkyl halides is 1. The number of halogens is 1. The van der Waals surface area contributed by atoms with Crippen molar-refractivity contribution < 1.29 is 4.39 Å². The molecular weight excluding hydrogens is 129 g/mol. The van der Waals surface area contributed by atoms with Gasteiger partial charge in [-0.3, -0.25) is 4.39 Å². The fourth-order valence-corrected chi connectivity index (χ4v) is 0.852. The van der Waals surface area contributed by atoms with Crippen molar-refractivity contribution in [2.75, 3.05) is 6.67 Å². The quantitative estimate of drug-likeness (QED) is 0.593. The fraction of sp³-hybridized carbons (Fsp3) is 1.00. The summed E-state index contributed by atoms with van der Waals surface area (Å²) in [6.07, 6.45) is 3.70. The maximum absolute atomic E-state index is 11.6. The van der Waals surface area contributed by atoms with Crippen LogP contribution in [0.15, 0.2) is 0 Å². The number of hydrogen-bond donors (Lipinski definition) is 1. The van der Waals surface area contributed by atoms with Gasteiger partial charge in [0.2, 0.25) is 0 Å². The zero-order valence-corrected chi connectivity index (χ0v) is 6.99. The van der Waals surface area contributed by atoms with Gasteiger partial charge >= 0.3 is 0 Å². The third kappa shape index (κ3) is 7.89. The van der Waals surface area contributed by atoms with E-state index in [4.69, 9.17) is 5.73 Å². The Morgan fingerprint density at radius 1 is 1.20 bits per heavy atom. The lowest BCUT2D eigenvalue weighted by molar-refractivity contribution is 0.414. The van der Waals surface area contributed by atoms with E-state index in [1.54, 1.807) is 0 Å². The highest BCUT2D eigenvalue weighted by Gasteiger charge is 2.08. The normalized spacial score (nSPS) is 12.0. The van der Waals surface area contributed by atoms with E-state index in [9.17, 15) is 4.39 Å². The van der Waals surface area contributed by atoms with Crippen LogP contribution in [0.3, 0.4) is 0 Å². The van der Waals surface area contributed by atoms with Crippen LogP contribution in [0.2, 0.25) is 0 Å². The fourth-order valence-electron chi connectivity index (χ4n) is 0.852. The molecule has 0 aliphatic rings. The maximum atomic E-state index is 11.6. The second-order valence-electron chi connectivity index (χ2n) is 3.49. The van der Waals surface area contributed by atoms with E-state index in [0.717, 1.165) is 19.3 Å². The molecule has 0 aromatic heterocycles. The first-order chi connectivity index (χ1) is 4.56. The molecule has 0 bridgehead atoms. The summed E-state index contributed by atoms with van der Waals surface area (Å²) in [5, 5.41) is 0. The summed E-state index contributed by atoms with van der Waals surface area (Å²) in [5.41, 5.74) is 5.65. The van der Waals surface area contributed by atoms with Gasteiger partial charge in [0.15, 0.2) is 0 Å². The SMILES string of the molecule is CC(C)(N)CCCCCF. The molecule has 0 radical (unpaired) electrons. The summed E-state index contributed by atoms with van der Waals surface area (Å²) in [6, 6.07) is 0. The van der Waals surface area contributed by atoms with E-state index in [1.165, 1.54) is 0 Å². The average molecular weight is 147 g/mol. The molecule has 10 heavy (non-hydrogen) atoms. The Labute approximate surface area is 62.8 Å². The molecule has 0 heterocycles. The van der Waals surface area contributed by atoms with Gasteiger partial charge in [-0.2, -0.15) is 0 Å². The monoisotopic (exact) mass is 147 g/mol. The molecule has 2 N–H and O–H groups in total. The minimum absolute atomic E-state index is 0.0731. The van der Waals surface area contributed by atoms with E-state index in [1.807, 2.05) is 13.8 Å². The number of unbranched alkanes of at least 4 members (excludes halogenated alkanes) is 2. The van der Waals surface area contributed by atoms with Gasteiger partial charge in [0.25, 0.3) is 0 Å². The third-order valence-electron chi connectivity index (χ3n) is 1.45. The minimum atomic E-state index is -0.189. The predicted molar refractivity (Wildman–Crippen MR) is 42.7 cm³/mol. The van der Waals surface area contributed by atoms with Crippen molar-refractivity contribution in [3.8, 4) is 0 Å². The zero-order valence-electron chi connectivity index (χ0n) is 6.99. The maximum Gasteiger partial charge on any atom is 0.0894 e. The van der Waals surface area contributed by atoms with E-state index < -0.39 is 0 Å². The molecule has 0 aliphatic heterocycles. The van der Waals surface area contributed by atoms with E-state index in [2.05, 4.69) is 0 Å². The molecule has 62 valence electrons. The van der Waals surface area contributed by atoms with Crippen molar-refractivity contribution in [1.29, 1.82) is 0 Å². The molecule has 0 rings (SSSR count). The Kier molecular flexibility index (Phi) is 4.62. The van der Waals surface area contributed by atoms with Crippen LogP contribution in [-0.4, -0.2) is 12.2 Å². The van der Waals surface area contributed by atoms with Crippen LogP contribution in [0.4, 0.5) is 4.39 Å². The molecule has 0 unspecified atom stereocenters. The standard InChI is InChI=1S/C8H18FN/c1-8(2,10)6-4-3-5-7-9/h3-7,10H2,1-2H3. The van der Waals surface area contributed by atoms with Gasteiger partial charge in [-0.15, -0.1) is 0 Å². The van der Waals surface area contributed by atoms with Gasteiger partial charge in [-0.25, -0.2) is 0 Å². The largest absolute Gasteiger partial charge is 0.326 e. The predicted octanol–water partition coefficient (Wildman–Crippen LogP) is 2.25. The number of rotatable bonds is 5. The lowest BCUT2D eigenvalue weighted by Gasteiger charge is -2.17. The Bertz CT molecular complexity index is 75.8. The topological polar surface area (TPSA) is 26.0 Å². The molecule has 0 spiro atoms. The van der Waals surface area contributed by atoms with Crippen molar-refractivity contribution >= 4 is 0 Å². The van der Waals surface area contributed by atoms with Gasteiger partial charge in [0.1, 0.15) is 0 Å². The van der Waals surface area contributed by atoms with E-state index in [0.29, 0.717) is 6.42 Å². The van der Waals surface area contributed by atoms with E-state index >= 15 is 0 Å². The van der Waals surface area contributed by atoms with Gasteiger partial charge in [0.05, 0.1) is 6.67 Å². The molecule has 2 heteroatoms. The molecule has 0 saturated heterocycles. The first kappa shape index (κ1) is 9.89. The number of nitrogens with two attached hydrogens (primary N) is 1. The second kappa shape index (κ2) is 4.67. The molecular formula is C8H18FN. The van der Waals surface area contributed by atoms with Crippen LogP contribution in [0.5, 0.6) is 0 Å². The van der Waals surface area contributed by atoms with Crippen molar-refractivity contribution in [1.82, 2.24) is 0 Å². The summed E-state index contributed by atoms with van der Waals surface area (Å²) >= 11 is 0.